The zero-order valence-electron chi connectivity index (χ0n) is 15.8. The molecule has 3 aromatic rings. The summed E-state index contributed by atoms with van der Waals surface area (Å²) in [5.41, 5.74) is 3.02. The maximum Gasteiger partial charge on any atom is 0.387 e. The molecule has 0 fully saturated rings. The van der Waals surface area contributed by atoms with E-state index in [1.807, 2.05) is 13.8 Å². The normalized spacial score (nSPS) is 10.9. The highest BCUT2D eigenvalue weighted by Gasteiger charge is 2.15. The zero-order valence-corrected chi connectivity index (χ0v) is 16.6. The first-order valence-corrected chi connectivity index (χ1v) is 9.74. The first-order valence-electron chi connectivity index (χ1n) is 8.75. The molecule has 0 unspecified atom stereocenters. The number of hydrogen-bond acceptors (Lipinski definition) is 6. The van der Waals surface area contributed by atoms with E-state index in [0.29, 0.717) is 16.3 Å². The third-order valence-corrected chi connectivity index (χ3v) is 5.18. The number of halogens is 2. The van der Waals surface area contributed by atoms with E-state index in [0.717, 1.165) is 22.6 Å². The van der Waals surface area contributed by atoms with E-state index in [1.165, 1.54) is 23.9 Å². The lowest BCUT2D eigenvalue weighted by molar-refractivity contribution is -0.0498. The highest BCUT2D eigenvalue weighted by molar-refractivity contribution is 7.98. The molecule has 1 N–H and O–H groups in total. The summed E-state index contributed by atoms with van der Waals surface area (Å²) < 4.78 is 33.9. The number of benzene rings is 1. The molecule has 0 aliphatic carbocycles. The lowest BCUT2D eigenvalue weighted by atomic mass is 10.2. The number of hydrogen-bond donors (Lipinski definition) is 1. The Morgan fingerprint density at radius 2 is 2.00 bits per heavy atom. The first kappa shape index (κ1) is 20.8. The van der Waals surface area contributed by atoms with Crippen LogP contribution in [0.4, 0.5) is 8.78 Å². The van der Waals surface area contributed by atoms with Crippen molar-refractivity contribution in [2.45, 2.75) is 37.8 Å². The highest BCUT2D eigenvalue weighted by atomic mass is 32.2. The summed E-state index contributed by atoms with van der Waals surface area (Å²) in [7, 11) is 0. The summed E-state index contributed by atoms with van der Waals surface area (Å²) in [6.07, 6.45) is 1.63. The first-order chi connectivity index (χ1) is 13.9. The highest BCUT2D eigenvalue weighted by Crippen LogP contribution is 2.27. The minimum absolute atomic E-state index is 0.0698. The Bertz CT molecular complexity index is 958. The fourth-order valence-electron chi connectivity index (χ4n) is 2.59. The number of carbonyl (C=O) groups excluding carboxylic acids is 1. The fraction of sp³-hybridized carbons (Fsp3) is 0.250. The van der Waals surface area contributed by atoms with E-state index >= 15 is 0 Å². The molecule has 0 atom stereocenters. The molecule has 0 aliphatic heterocycles. The van der Waals surface area contributed by atoms with Gasteiger partial charge in [-0.3, -0.25) is 4.79 Å². The van der Waals surface area contributed by atoms with Crippen molar-refractivity contribution in [1.82, 2.24) is 15.5 Å². The number of rotatable bonds is 8. The summed E-state index contributed by atoms with van der Waals surface area (Å²) in [5.74, 6) is 1.13. The van der Waals surface area contributed by atoms with Crippen LogP contribution < -0.4 is 10.1 Å². The Hall–Kier alpha value is -2.94. The van der Waals surface area contributed by atoms with Crippen molar-refractivity contribution in [2.24, 2.45) is 0 Å². The number of ether oxygens (including phenoxy) is 1. The summed E-state index contributed by atoms with van der Waals surface area (Å²) in [4.78, 5) is 16.9. The molecule has 0 spiro atoms. The quantitative estimate of drug-likeness (QED) is 0.542. The van der Waals surface area contributed by atoms with E-state index in [2.05, 4.69) is 20.2 Å². The van der Waals surface area contributed by atoms with Crippen molar-refractivity contribution in [2.75, 3.05) is 0 Å². The van der Waals surface area contributed by atoms with Crippen molar-refractivity contribution in [3.8, 4) is 5.75 Å². The average molecular weight is 419 g/mol. The van der Waals surface area contributed by atoms with Gasteiger partial charge in [0.2, 0.25) is 0 Å². The smallest absolute Gasteiger partial charge is 0.387 e. The van der Waals surface area contributed by atoms with Gasteiger partial charge >= 0.3 is 6.61 Å². The number of amides is 1. The molecule has 0 radical (unpaired) electrons. The Kier molecular flexibility index (Phi) is 6.82. The number of thioether (sulfide) groups is 1. The Morgan fingerprint density at radius 1 is 1.24 bits per heavy atom. The lowest BCUT2D eigenvalue weighted by Crippen LogP contribution is -2.23. The minimum atomic E-state index is -2.87. The number of nitrogens with one attached hydrogen (secondary N) is 1. The van der Waals surface area contributed by atoms with Gasteiger partial charge in [0, 0.05) is 24.1 Å². The van der Waals surface area contributed by atoms with Gasteiger partial charge in [0.1, 0.15) is 16.5 Å². The van der Waals surface area contributed by atoms with E-state index < -0.39 is 6.61 Å². The van der Waals surface area contributed by atoms with Gasteiger partial charge in [0.15, 0.2) is 0 Å². The van der Waals surface area contributed by atoms with Crippen molar-refractivity contribution >= 4 is 17.7 Å². The second-order valence-corrected chi connectivity index (χ2v) is 7.12. The fourth-order valence-corrected chi connectivity index (χ4v) is 3.74. The molecular weight excluding hydrogens is 400 g/mol. The van der Waals surface area contributed by atoms with Gasteiger partial charge in [0.25, 0.3) is 5.91 Å². The standard InChI is InChI=1S/C20H19F2N3O3S/c1-12-17(13(2)28-25-12)11-29-19-16(4-3-9-23-19)18(26)24-10-14-5-7-15(8-6-14)27-20(21)22/h3-9,20H,10-11H2,1-2H3,(H,24,26). The van der Waals surface area contributed by atoms with Crippen molar-refractivity contribution in [3.05, 3.63) is 70.7 Å². The van der Waals surface area contributed by atoms with Crippen LogP contribution in [0.2, 0.25) is 0 Å². The number of pyridine rings is 1. The number of alkyl halides is 2. The average Bonchev–Trinajstić information content (AvgIpc) is 3.03. The predicted molar refractivity (Wildman–Crippen MR) is 104 cm³/mol. The number of aryl methyl sites for hydroxylation is 2. The third-order valence-electron chi connectivity index (χ3n) is 4.15. The third kappa shape index (κ3) is 5.54. The SMILES string of the molecule is Cc1noc(C)c1CSc1ncccc1C(=O)NCc1ccc(OC(F)F)cc1. The molecule has 3 rings (SSSR count). The summed E-state index contributed by atoms with van der Waals surface area (Å²) in [5, 5.41) is 7.35. The van der Waals surface area contributed by atoms with Crippen molar-refractivity contribution in [1.29, 1.82) is 0 Å². The van der Waals surface area contributed by atoms with Crippen molar-refractivity contribution in [3.63, 3.8) is 0 Å². The second-order valence-electron chi connectivity index (χ2n) is 6.15. The van der Waals surface area contributed by atoms with Crippen LogP contribution in [0.25, 0.3) is 0 Å². The molecule has 2 heterocycles. The zero-order chi connectivity index (χ0) is 20.8. The Balaban J connectivity index is 1.62. The molecule has 1 aromatic carbocycles. The van der Waals surface area contributed by atoms with Crippen LogP contribution in [0.1, 0.15) is 32.9 Å². The van der Waals surface area contributed by atoms with Gasteiger partial charge < -0.3 is 14.6 Å². The molecule has 2 aromatic heterocycles. The molecule has 29 heavy (non-hydrogen) atoms. The van der Waals surface area contributed by atoms with E-state index in [9.17, 15) is 13.6 Å². The summed E-state index contributed by atoms with van der Waals surface area (Å²) in [6, 6.07) is 9.51. The Morgan fingerprint density at radius 3 is 2.66 bits per heavy atom. The van der Waals surface area contributed by atoms with Crippen LogP contribution in [0.3, 0.4) is 0 Å². The van der Waals surface area contributed by atoms with Crippen LogP contribution in [0, 0.1) is 13.8 Å². The molecule has 6 nitrogen and oxygen atoms in total. The largest absolute Gasteiger partial charge is 0.435 e. The lowest BCUT2D eigenvalue weighted by Gasteiger charge is -2.10. The topological polar surface area (TPSA) is 77.2 Å². The monoisotopic (exact) mass is 419 g/mol. The van der Waals surface area contributed by atoms with E-state index in [4.69, 9.17) is 4.52 Å². The van der Waals surface area contributed by atoms with Crippen LogP contribution in [0.5, 0.6) is 5.75 Å². The molecule has 9 heteroatoms. The van der Waals surface area contributed by atoms with Gasteiger partial charge in [-0.2, -0.15) is 8.78 Å². The van der Waals surface area contributed by atoms with Gasteiger partial charge in [-0.25, -0.2) is 4.98 Å². The number of nitrogens with zero attached hydrogens (tertiary/aromatic N) is 2. The maximum atomic E-state index is 12.6. The molecule has 0 bridgehead atoms. The van der Waals surface area contributed by atoms with E-state index in [-0.39, 0.29) is 18.2 Å². The van der Waals surface area contributed by atoms with E-state index in [1.54, 1.807) is 30.5 Å². The molecule has 0 saturated heterocycles. The van der Waals surface area contributed by atoms with Gasteiger partial charge in [-0.15, -0.1) is 11.8 Å². The predicted octanol–water partition coefficient (Wildman–Crippen LogP) is 4.51. The summed E-state index contributed by atoms with van der Waals surface area (Å²) in [6.45, 7) is 1.10. The summed E-state index contributed by atoms with van der Waals surface area (Å²) >= 11 is 1.43. The van der Waals surface area contributed by atoms with Crippen LogP contribution in [-0.2, 0) is 12.3 Å². The van der Waals surface area contributed by atoms with Crippen molar-refractivity contribution < 1.29 is 22.8 Å². The van der Waals surface area contributed by atoms with Crippen LogP contribution in [0.15, 0.2) is 52.1 Å². The van der Waals surface area contributed by atoms with Gasteiger partial charge in [0.05, 0.1) is 11.3 Å². The molecule has 0 aliphatic rings. The van der Waals surface area contributed by atoms with Gasteiger partial charge in [-0.1, -0.05) is 17.3 Å². The van der Waals surface area contributed by atoms with Gasteiger partial charge in [-0.05, 0) is 43.7 Å². The van der Waals surface area contributed by atoms with Crippen LogP contribution >= 0.6 is 11.8 Å². The number of aromatic nitrogens is 2. The van der Waals surface area contributed by atoms with Crippen LogP contribution in [-0.4, -0.2) is 22.7 Å². The second kappa shape index (κ2) is 9.51. The minimum Gasteiger partial charge on any atom is -0.435 e. The molecular formula is C20H19F2N3O3S. The molecule has 1 amide bonds. The Labute approximate surface area is 170 Å². The molecule has 152 valence electrons. The number of carbonyl (C=O) groups is 1. The maximum absolute atomic E-state index is 12.6. The molecule has 0 saturated carbocycles.